The Morgan fingerprint density at radius 2 is 2.33 bits per heavy atom. The zero-order chi connectivity index (χ0) is 8.55. The summed E-state index contributed by atoms with van der Waals surface area (Å²) in [7, 11) is 0. The van der Waals surface area contributed by atoms with Gasteiger partial charge in [-0.05, 0) is 12.0 Å². The van der Waals surface area contributed by atoms with Crippen molar-refractivity contribution in [2.24, 2.45) is 11.0 Å². The van der Waals surface area contributed by atoms with E-state index < -0.39 is 0 Å². The molecule has 12 heavy (non-hydrogen) atoms. The van der Waals surface area contributed by atoms with Crippen LogP contribution < -0.4 is 0 Å². The first-order valence-corrected chi connectivity index (χ1v) is 4.48. The Hall–Kier alpha value is -1.05. The van der Waals surface area contributed by atoms with Crippen molar-refractivity contribution in [3.8, 4) is 0 Å². The van der Waals surface area contributed by atoms with E-state index in [0.29, 0.717) is 12.0 Å². The maximum atomic E-state index is 4.52. The van der Waals surface area contributed by atoms with Gasteiger partial charge in [-0.15, -0.1) is 0 Å². The van der Waals surface area contributed by atoms with Crippen molar-refractivity contribution in [2.45, 2.75) is 26.3 Å². The van der Waals surface area contributed by atoms with E-state index in [4.69, 9.17) is 0 Å². The van der Waals surface area contributed by atoms with Crippen molar-refractivity contribution in [3.05, 3.63) is 24.4 Å². The third-order valence-electron chi connectivity index (χ3n) is 2.35. The molecule has 0 spiro atoms. The molecule has 0 fully saturated rings. The fourth-order valence-electron chi connectivity index (χ4n) is 1.55. The molecule has 0 aromatic heterocycles. The highest BCUT2D eigenvalue weighted by Gasteiger charge is 2.24. The van der Waals surface area contributed by atoms with Gasteiger partial charge in [-0.25, -0.2) is 0 Å². The normalized spacial score (nSPS) is 26.4. The summed E-state index contributed by atoms with van der Waals surface area (Å²) < 4.78 is 0. The van der Waals surface area contributed by atoms with Crippen LogP contribution in [0.25, 0.3) is 0 Å². The lowest BCUT2D eigenvalue weighted by Crippen LogP contribution is -2.20. The van der Waals surface area contributed by atoms with Gasteiger partial charge < -0.3 is 0 Å². The third-order valence-corrected chi connectivity index (χ3v) is 2.35. The van der Waals surface area contributed by atoms with Gasteiger partial charge in [-0.3, -0.25) is 5.01 Å². The van der Waals surface area contributed by atoms with Gasteiger partial charge in [0.25, 0.3) is 0 Å². The average molecular weight is 162 g/mol. The molecule has 0 saturated heterocycles. The van der Waals surface area contributed by atoms with E-state index in [2.05, 4.69) is 36.1 Å². The molecule has 2 nitrogen and oxygen atoms in total. The second-order valence-corrected chi connectivity index (χ2v) is 3.62. The predicted octanol–water partition coefficient (Wildman–Crippen LogP) is 2.16. The van der Waals surface area contributed by atoms with Crippen LogP contribution in [0.5, 0.6) is 0 Å². The maximum Gasteiger partial charge on any atom is 0.0755 e. The lowest BCUT2D eigenvalue weighted by Gasteiger charge is -2.17. The SMILES string of the molecule is CC(C)C1=NN2C=CC=CC2C1. The van der Waals surface area contributed by atoms with E-state index in [-0.39, 0.29) is 0 Å². The van der Waals surface area contributed by atoms with Crippen molar-refractivity contribution >= 4 is 5.71 Å². The van der Waals surface area contributed by atoms with Crippen LogP contribution in [0.1, 0.15) is 20.3 Å². The van der Waals surface area contributed by atoms with E-state index >= 15 is 0 Å². The minimum atomic E-state index is 0.493. The lowest BCUT2D eigenvalue weighted by molar-refractivity contribution is 0.368. The van der Waals surface area contributed by atoms with Crippen LogP contribution in [-0.2, 0) is 0 Å². The summed E-state index contributed by atoms with van der Waals surface area (Å²) in [6.45, 7) is 4.40. The number of hydrazone groups is 1. The minimum absolute atomic E-state index is 0.493. The first-order chi connectivity index (χ1) is 5.77. The Labute approximate surface area is 73.3 Å². The van der Waals surface area contributed by atoms with Gasteiger partial charge in [0.1, 0.15) is 0 Å². The molecule has 0 amide bonds. The molecule has 0 bridgehead atoms. The van der Waals surface area contributed by atoms with E-state index in [1.165, 1.54) is 5.71 Å². The predicted molar refractivity (Wildman–Crippen MR) is 50.8 cm³/mol. The topological polar surface area (TPSA) is 15.6 Å². The van der Waals surface area contributed by atoms with Crippen molar-refractivity contribution in [1.82, 2.24) is 5.01 Å². The van der Waals surface area contributed by atoms with E-state index in [1.807, 2.05) is 12.3 Å². The Bertz CT molecular complexity index is 261. The van der Waals surface area contributed by atoms with Crippen molar-refractivity contribution in [3.63, 3.8) is 0 Å². The van der Waals surface area contributed by atoms with E-state index in [1.54, 1.807) is 0 Å². The van der Waals surface area contributed by atoms with Crippen LogP contribution >= 0.6 is 0 Å². The highest BCUT2D eigenvalue weighted by molar-refractivity contribution is 5.88. The summed E-state index contributed by atoms with van der Waals surface area (Å²) >= 11 is 0. The Morgan fingerprint density at radius 3 is 3.00 bits per heavy atom. The van der Waals surface area contributed by atoms with Crippen LogP contribution in [0.3, 0.4) is 0 Å². The number of allylic oxidation sites excluding steroid dienone is 2. The first-order valence-electron chi connectivity index (χ1n) is 4.48. The molecule has 2 aliphatic heterocycles. The van der Waals surface area contributed by atoms with Gasteiger partial charge in [0.15, 0.2) is 0 Å². The van der Waals surface area contributed by atoms with Crippen LogP contribution in [-0.4, -0.2) is 16.8 Å². The molecule has 2 heteroatoms. The second-order valence-electron chi connectivity index (χ2n) is 3.62. The molecule has 0 aromatic carbocycles. The van der Waals surface area contributed by atoms with Gasteiger partial charge in [0.05, 0.1) is 6.04 Å². The molecule has 0 aromatic rings. The summed E-state index contributed by atoms with van der Waals surface area (Å²) in [6.07, 6.45) is 9.47. The molecular formula is C10H14N2. The molecule has 2 aliphatic rings. The maximum absolute atomic E-state index is 4.52. The molecule has 64 valence electrons. The van der Waals surface area contributed by atoms with Gasteiger partial charge in [0.2, 0.25) is 0 Å². The van der Waals surface area contributed by atoms with Gasteiger partial charge in [0, 0.05) is 18.3 Å². The number of fused-ring (bicyclic) bond motifs is 1. The van der Waals surface area contributed by atoms with Crippen LogP contribution in [0, 0.1) is 5.92 Å². The van der Waals surface area contributed by atoms with Gasteiger partial charge in [-0.2, -0.15) is 5.10 Å². The summed E-state index contributed by atoms with van der Waals surface area (Å²) in [5.74, 6) is 0.581. The molecule has 2 rings (SSSR count). The monoisotopic (exact) mass is 162 g/mol. The molecule has 0 radical (unpaired) electrons. The number of nitrogens with zero attached hydrogens (tertiary/aromatic N) is 2. The third kappa shape index (κ3) is 1.17. The molecule has 1 unspecified atom stereocenters. The number of rotatable bonds is 1. The Morgan fingerprint density at radius 1 is 1.50 bits per heavy atom. The van der Waals surface area contributed by atoms with Crippen molar-refractivity contribution in [1.29, 1.82) is 0 Å². The van der Waals surface area contributed by atoms with Crippen LogP contribution in [0.2, 0.25) is 0 Å². The first kappa shape index (κ1) is 7.59. The van der Waals surface area contributed by atoms with Gasteiger partial charge >= 0.3 is 0 Å². The summed E-state index contributed by atoms with van der Waals surface area (Å²) in [5.41, 5.74) is 1.32. The molecule has 0 N–H and O–H groups in total. The summed E-state index contributed by atoms with van der Waals surface area (Å²) in [4.78, 5) is 0. The van der Waals surface area contributed by atoms with Crippen LogP contribution in [0.15, 0.2) is 29.5 Å². The zero-order valence-corrected chi connectivity index (χ0v) is 7.57. The minimum Gasteiger partial charge on any atom is -0.266 e. The summed E-state index contributed by atoms with van der Waals surface area (Å²) in [5, 5.41) is 6.57. The fraction of sp³-hybridized carbons (Fsp3) is 0.500. The largest absolute Gasteiger partial charge is 0.266 e. The standard InChI is InChI=1S/C10H14N2/c1-8(2)10-7-9-5-3-4-6-12(9)11-10/h3-6,8-9H,7H2,1-2H3. The number of hydrogen-bond acceptors (Lipinski definition) is 2. The smallest absolute Gasteiger partial charge is 0.0755 e. The highest BCUT2D eigenvalue weighted by atomic mass is 15.5. The Balaban J connectivity index is 2.16. The van der Waals surface area contributed by atoms with E-state index in [0.717, 1.165) is 6.42 Å². The molecule has 0 aliphatic carbocycles. The average Bonchev–Trinajstić information content (AvgIpc) is 2.46. The quantitative estimate of drug-likeness (QED) is 0.577. The zero-order valence-electron chi connectivity index (χ0n) is 7.57. The van der Waals surface area contributed by atoms with Crippen molar-refractivity contribution in [2.75, 3.05) is 0 Å². The molecule has 1 atom stereocenters. The van der Waals surface area contributed by atoms with E-state index in [9.17, 15) is 0 Å². The Kier molecular flexibility index (Phi) is 1.75. The highest BCUT2D eigenvalue weighted by Crippen LogP contribution is 2.22. The van der Waals surface area contributed by atoms with Crippen LogP contribution in [0.4, 0.5) is 0 Å². The molecular weight excluding hydrogens is 148 g/mol. The second kappa shape index (κ2) is 2.77. The molecule has 0 saturated carbocycles. The lowest BCUT2D eigenvalue weighted by atomic mass is 10.0. The summed E-state index contributed by atoms with van der Waals surface area (Å²) in [6, 6.07) is 0.493. The van der Waals surface area contributed by atoms with Gasteiger partial charge in [-0.1, -0.05) is 26.0 Å². The fourth-order valence-corrected chi connectivity index (χ4v) is 1.55. The molecule has 2 heterocycles. The number of hydrogen-bond donors (Lipinski definition) is 0. The van der Waals surface area contributed by atoms with Crippen molar-refractivity contribution < 1.29 is 0 Å².